The summed E-state index contributed by atoms with van der Waals surface area (Å²) in [5.41, 5.74) is 0. The van der Waals surface area contributed by atoms with E-state index >= 15 is 0 Å². The van der Waals surface area contributed by atoms with Crippen LogP contribution in [-0.4, -0.2) is 11.5 Å². The van der Waals surface area contributed by atoms with Gasteiger partial charge in [0.15, 0.2) is 0 Å². The van der Waals surface area contributed by atoms with Crippen molar-refractivity contribution in [3.63, 3.8) is 0 Å². The van der Waals surface area contributed by atoms with Crippen molar-refractivity contribution in [1.29, 1.82) is 0 Å². The van der Waals surface area contributed by atoms with Gasteiger partial charge in [0.05, 0.1) is 12.7 Å². The van der Waals surface area contributed by atoms with Crippen LogP contribution >= 0.6 is 22.9 Å². The maximum Gasteiger partial charge on any atom is 0.0813 e. The molecule has 0 radical (unpaired) electrons. The van der Waals surface area contributed by atoms with Gasteiger partial charge in [0.25, 0.3) is 0 Å². The molecule has 0 saturated heterocycles. The zero-order valence-corrected chi connectivity index (χ0v) is 8.27. The molecule has 1 nitrogen and oxygen atoms in total. The molecule has 1 heterocycles. The van der Waals surface area contributed by atoms with E-state index in [-0.39, 0.29) is 0 Å². The number of hydrogen-bond acceptors (Lipinski definition) is 2. The van der Waals surface area contributed by atoms with E-state index in [9.17, 15) is 0 Å². The van der Waals surface area contributed by atoms with Crippen LogP contribution < -0.4 is 0 Å². The van der Waals surface area contributed by atoms with Crippen molar-refractivity contribution < 1.29 is 4.74 Å². The molecule has 66 valence electrons. The lowest BCUT2D eigenvalue weighted by molar-refractivity contribution is -0.00498. The molecule has 2 rings (SSSR count). The van der Waals surface area contributed by atoms with Gasteiger partial charge in [-0.15, -0.1) is 22.9 Å². The second-order valence-electron chi connectivity index (χ2n) is 3.08. The smallest absolute Gasteiger partial charge is 0.0813 e. The van der Waals surface area contributed by atoms with E-state index < -0.39 is 0 Å². The molecule has 1 aliphatic rings. The number of alkyl halides is 1. The molecule has 1 aliphatic carbocycles. The van der Waals surface area contributed by atoms with Crippen molar-refractivity contribution >= 4 is 22.9 Å². The van der Waals surface area contributed by atoms with Crippen LogP contribution in [0.2, 0.25) is 0 Å². The standard InChI is InChI=1S/C9H11ClOS/c10-7-4-8(5-7)11-6-9-2-1-3-12-9/h1-3,7-8H,4-6H2. The van der Waals surface area contributed by atoms with Crippen LogP contribution in [0.3, 0.4) is 0 Å². The van der Waals surface area contributed by atoms with Gasteiger partial charge in [0.1, 0.15) is 0 Å². The molecule has 1 fully saturated rings. The number of thiophene rings is 1. The Morgan fingerprint density at radius 2 is 2.42 bits per heavy atom. The molecule has 0 spiro atoms. The lowest BCUT2D eigenvalue weighted by Crippen LogP contribution is -2.31. The van der Waals surface area contributed by atoms with Crippen LogP contribution in [-0.2, 0) is 11.3 Å². The SMILES string of the molecule is ClC1CC(OCc2cccs2)C1. The van der Waals surface area contributed by atoms with E-state index in [1.165, 1.54) is 4.88 Å². The van der Waals surface area contributed by atoms with Crippen LogP contribution in [0.25, 0.3) is 0 Å². The van der Waals surface area contributed by atoms with Gasteiger partial charge < -0.3 is 4.74 Å². The van der Waals surface area contributed by atoms with E-state index in [1.807, 2.05) is 0 Å². The summed E-state index contributed by atoms with van der Waals surface area (Å²) in [5, 5.41) is 2.43. The molecule has 12 heavy (non-hydrogen) atoms. The van der Waals surface area contributed by atoms with Crippen LogP contribution in [0.1, 0.15) is 17.7 Å². The fourth-order valence-electron chi connectivity index (χ4n) is 1.23. The summed E-state index contributed by atoms with van der Waals surface area (Å²) in [5.74, 6) is 0. The molecule has 1 saturated carbocycles. The second-order valence-corrected chi connectivity index (χ2v) is 4.73. The first-order valence-corrected chi connectivity index (χ1v) is 5.44. The van der Waals surface area contributed by atoms with Gasteiger partial charge in [-0.25, -0.2) is 0 Å². The molecule has 1 aromatic rings. The third-order valence-corrected chi connectivity index (χ3v) is 3.28. The summed E-state index contributed by atoms with van der Waals surface area (Å²) in [6.45, 7) is 0.756. The van der Waals surface area contributed by atoms with E-state index in [2.05, 4.69) is 17.5 Å². The minimum absolute atomic E-state index is 0.360. The van der Waals surface area contributed by atoms with Gasteiger partial charge in [-0.2, -0.15) is 0 Å². The first-order chi connectivity index (χ1) is 5.84. The van der Waals surface area contributed by atoms with Crippen molar-refractivity contribution in [2.24, 2.45) is 0 Å². The van der Waals surface area contributed by atoms with Crippen molar-refractivity contribution in [2.45, 2.75) is 30.9 Å². The largest absolute Gasteiger partial charge is 0.373 e. The van der Waals surface area contributed by atoms with Gasteiger partial charge in [-0.3, -0.25) is 0 Å². The molecular formula is C9H11ClOS. The van der Waals surface area contributed by atoms with E-state index in [0.29, 0.717) is 11.5 Å². The summed E-state index contributed by atoms with van der Waals surface area (Å²) in [7, 11) is 0. The van der Waals surface area contributed by atoms with E-state index in [0.717, 1.165) is 19.4 Å². The first kappa shape index (κ1) is 8.54. The maximum atomic E-state index is 5.83. The summed E-state index contributed by atoms with van der Waals surface area (Å²) in [4.78, 5) is 1.30. The topological polar surface area (TPSA) is 9.23 Å². The molecule has 0 atom stereocenters. The maximum absolute atomic E-state index is 5.83. The van der Waals surface area contributed by atoms with E-state index in [1.54, 1.807) is 11.3 Å². The average Bonchev–Trinajstić information content (AvgIpc) is 2.47. The third kappa shape index (κ3) is 2.00. The molecule has 0 aliphatic heterocycles. The van der Waals surface area contributed by atoms with Crippen molar-refractivity contribution in [3.8, 4) is 0 Å². The molecular weight excluding hydrogens is 192 g/mol. The molecule has 0 aromatic carbocycles. The average molecular weight is 203 g/mol. The normalized spacial score (nSPS) is 28.4. The second kappa shape index (κ2) is 3.77. The lowest BCUT2D eigenvalue weighted by atomic mass is 9.95. The molecule has 0 unspecified atom stereocenters. The fraction of sp³-hybridized carbons (Fsp3) is 0.556. The fourth-order valence-corrected chi connectivity index (χ4v) is 2.25. The zero-order chi connectivity index (χ0) is 8.39. The van der Waals surface area contributed by atoms with Crippen LogP contribution in [0.5, 0.6) is 0 Å². The zero-order valence-electron chi connectivity index (χ0n) is 6.70. The minimum atomic E-state index is 0.360. The van der Waals surface area contributed by atoms with Gasteiger partial charge in [0, 0.05) is 10.3 Å². The number of ether oxygens (including phenoxy) is 1. The Labute approximate surface area is 81.3 Å². The van der Waals surface area contributed by atoms with Gasteiger partial charge >= 0.3 is 0 Å². The van der Waals surface area contributed by atoms with Crippen LogP contribution in [0.15, 0.2) is 17.5 Å². The summed E-state index contributed by atoms with van der Waals surface area (Å²) in [6.07, 6.45) is 2.45. The Morgan fingerprint density at radius 3 is 3.00 bits per heavy atom. The molecule has 3 heteroatoms. The predicted molar refractivity (Wildman–Crippen MR) is 51.8 cm³/mol. The minimum Gasteiger partial charge on any atom is -0.373 e. The Bertz CT molecular complexity index is 229. The van der Waals surface area contributed by atoms with Crippen molar-refractivity contribution in [2.75, 3.05) is 0 Å². The van der Waals surface area contributed by atoms with Gasteiger partial charge in [-0.1, -0.05) is 6.07 Å². The van der Waals surface area contributed by atoms with Crippen LogP contribution in [0.4, 0.5) is 0 Å². The summed E-state index contributed by atoms with van der Waals surface area (Å²) in [6, 6.07) is 4.15. The van der Waals surface area contributed by atoms with Gasteiger partial charge in [0.2, 0.25) is 0 Å². The number of halogens is 1. The van der Waals surface area contributed by atoms with E-state index in [4.69, 9.17) is 16.3 Å². The highest BCUT2D eigenvalue weighted by molar-refractivity contribution is 7.09. The van der Waals surface area contributed by atoms with Gasteiger partial charge in [-0.05, 0) is 24.3 Å². The summed E-state index contributed by atoms with van der Waals surface area (Å²) < 4.78 is 5.62. The van der Waals surface area contributed by atoms with Crippen molar-refractivity contribution in [1.82, 2.24) is 0 Å². The Balaban J connectivity index is 1.70. The molecule has 0 N–H and O–H groups in total. The Kier molecular flexibility index (Phi) is 2.69. The highest BCUT2D eigenvalue weighted by atomic mass is 35.5. The molecule has 0 amide bonds. The Hall–Kier alpha value is -0.0500. The predicted octanol–water partition coefficient (Wildman–Crippen LogP) is 3.03. The monoisotopic (exact) mass is 202 g/mol. The van der Waals surface area contributed by atoms with Crippen LogP contribution in [0, 0.1) is 0 Å². The lowest BCUT2D eigenvalue weighted by Gasteiger charge is -2.30. The Morgan fingerprint density at radius 1 is 1.58 bits per heavy atom. The molecule has 0 bridgehead atoms. The number of hydrogen-bond donors (Lipinski definition) is 0. The molecule has 1 aromatic heterocycles. The number of rotatable bonds is 3. The highest BCUT2D eigenvalue weighted by Crippen LogP contribution is 2.29. The highest BCUT2D eigenvalue weighted by Gasteiger charge is 2.27. The first-order valence-electron chi connectivity index (χ1n) is 4.12. The summed E-state index contributed by atoms with van der Waals surface area (Å²) >= 11 is 7.57. The quantitative estimate of drug-likeness (QED) is 0.685. The van der Waals surface area contributed by atoms with Crippen molar-refractivity contribution in [3.05, 3.63) is 22.4 Å². The third-order valence-electron chi connectivity index (χ3n) is 2.08.